The second kappa shape index (κ2) is 8.06. The van der Waals surface area contributed by atoms with Gasteiger partial charge < -0.3 is 23.9 Å². The molecule has 2 heterocycles. The van der Waals surface area contributed by atoms with E-state index in [0.29, 0.717) is 29.4 Å². The van der Waals surface area contributed by atoms with Crippen LogP contribution in [0.25, 0.3) is 0 Å². The number of hydrogen-bond donors (Lipinski definition) is 0. The van der Waals surface area contributed by atoms with Gasteiger partial charge in [0.15, 0.2) is 11.5 Å². The van der Waals surface area contributed by atoms with E-state index in [9.17, 15) is 4.79 Å². The Morgan fingerprint density at radius 3 is 2.19 bits per heavy atom. The third-order valence-corrected chi connectivity index (χ3v) is 5.39. The SMILES string of the molecule is COc1cc(C2=NOC(C(=O)N3C(C)CCCC3C)C2)cc(OC)c1OC. The Morgan fingerprint density at radius 1 is 1.07 bits per heavy atom. The number of likely N-dealkylation sites (tertiary alicyclic amines) is 1. The highest BCUT2D eigenvalue weighted by Gasteiger charge is 2.38. The van der Waals surface area contributed by atoms with E-state index < -0.39 is 6.10 Å². The fraction of sp³-hybridized carbons (Fsp3) is 0.600. The lowest BCUT2D eigenvalue weighted by Crippen LogP contribution is -2.51. The van der Waals surface area contributed by atoms with Crippen LogP contribution in [0, 0.1) is 0 Å². The van der Waals surface area contributed by atoms with Crippen molar-refractivity contribution < 1.29 is 23.8 Å². The molecule has 0 N–H and O–H groups in total. The molecule has 2 aliphatic rings. The Balaban J connectivity index is 1.78. The third kappa shape index (κ3) is 3.68. The summed E-state index contributed by atoms with van der Waals surface area (Å²) < 4.78 is 16.2. The maximum absolute atomic E-state index is 13.0. The highest BCUT2D eigenvalue weighted by Crippen LogP contribution is 2.39. The summed E-state index contributed by atoms with van der Waals surface area (Å²) in [7, 11) is 4.70. The van der Waals surface area contributed by atoms with Crippen LogP contribution in [0.2, 0.25) is 0 Å². The zero-order chi connectivity index (χ0) is 19.6. The average molecular weight is 376 g/mol. The van der Waals surface area contributed by atoms with Crippen molar-refractivity contribution in [2.45, 2.75) is 57.7 Å². The number of ether oxygens (including phenoxy) is 3. The van der Waals surface area contributed by atoms with Crippen LogP contribution < -0.4 is 14.2 Å². The number of hydrogen-bond acceptors (Lipinski definition) is 6. The summed E-state index contributed by atoms with van der Waals surface area (Å²) in [6, 6.07) is 4.11. The molecule has 1 aromatic rings. The lowest BCUT2D eigenvalue weighted by molar-refractivity contribution is -0.148. The normalized spacial score (nSPS) is 24.9. The lowest BCUT2D eigenvalue weighted by Gasteiger charge is -2.39. The molecule has 0 radical (unpaired) electrons. The number of rotatable bonds is 5. The molecule has 7 nitrogen and oxygen atoms in total. The molecule has 3 rings (SSSR count). The fourth-order valence-corrected chi connectivity index (χ4v) is 3.95. The largest absolute Gasteiger partial charge is 0.493 e. The molecule has 3 unspecified atom stereocenters. The van der Waals surface area contributed by atoms with E-state index in [-0.39, 0.29) is 18.0 Å². The zero-order valence-electron chi connectivity index (χ0n) is 16.7. The molecule has 1 aromatic carbocycles. The first-order valence-electron chi connectivity index (χ1n) is 9.35. The van der Waals surface area contributed by atoms with Gasteiger partial charge in [0.25, 0.3) is 5.91 Å². The monoisotopic (exact) mass is 376 g/mol. The second-order valence-corrected chi connectivity index (χ2v) is 7.12. The molecular weight excluding hydrogens is 348 g/mol. The maximum atomic E-state index is 13.0. The predicted molar refractivity (Wildman–Crippen MR) is 102 cm³/mol. The Hall–Kier alpha value is -2.44. The molecule has 2 aliphatic heterocycles. The van der Waals surface area contributed by atoms with Crippen molar-refractivity contribution in [1.82, 2.24) is 4.90 Å². The van der Waals surface area contributed by atoms with Gasteiger partial charge in [-0.05, 0) is 45.2 Å². The van der Waals surface area contributed by atoms with Crippen LogP contribution in [0.15, 0.2) is 17.3 Å². The number of nitrogens with zero attached hydrogens (tertiary/aromatic N) is 2. The number of methoxy groups -OCH3 is 3. The Bertz CT molecular complexity index is 698. The molecule has 148 valence electrons. The Kier molecular flexibility index (Phi) is 5.77. The minimum atomic E-state index is -0.581. The molecule has 1 amide bonds. The van der Waals surface area contributed by atoms with Crippen molar-refractivity contribution in [3.05, 3.63) is 17.7 Å². The van der Waals surface area contributed by atoms with Crippen LogP contribution in [0.4, 0.5) is 0 Å². The number of benzene rings is 1. The van der Waals surface area contributed by atoms with E-state index in [1.54, 1.807) is 21.3 Å². The first kappa shape index (κ1) is 19.3. The smallest absolute Gasteiger partial charge is 0.267 e. The quantitative estimate of drug-likeness (QED) is 0.790. The number of piperidine rings is 1. The summed E-state index contributed by atoms with van der Waals surface area (Å²) >= 11 is 0. The van der Waals surface area contributed by atoms with Crippen molar-refractivity contribution in [3.63, 3.8) is 0 Å². The van der Waals surface area contributed by atoms with Crippen LogP contribution >= 0.6 is 0 Å². The standard InChI is InChI=1S/C20H28N2O5/c1-12-7-6-8-13(2)22(12)20(23)18-11-15(21-27-18)14-9-16(24-3)19(26-5)17(10-14)25-4/h9-10,12-13,18H,6-8,11H2,1-5H3. The minimum absolute atomic E-state index is 0.0147. The Morgan fingerprint density at radius 2 is 1.67 bits per heavy atom. The lowest BCUT2D eigenvalue weighted by atomic mass is 9.95. The van der Waals surface area contributed by atoms with Gasteiger partial charge in [-0.25, -0.2) is 0 Å². The van der Waals surface area contributed by atoms with Crippen LogP contribution in [-0.4, -0.2) is 56.0 Å². The van der Waals surface area contributed by atoms with E-state index in [2.05, 4.69) is 19.0 Å². The van der Waals surface area contributed by atoms with Crippen molar-refractivity contribution in [1.29, 1.82) is 0 Å². The topological polar surface area (TPSA) is 69.6 Å². The van der Waals surface area contributed by atoms with Crippen molar-refractivity contribution >= 4 is 11.6 Å². The molecule has 7 heteroatoms. The minimum Gasteiger partial charge on any atom is -0.493 e. The molecule has 1 fully saturated rings. The molecule has 27 heavy (non-hydrogen) atoms. The van der Waals surface area contributed by atoms with E-state index >= 15 is 0 Å². The summed E-state index contributed by atoms with van der Waals surface area (Å²) in [5.41, 5.74) is 1.49. The van der Waals surface area contributed by atoms with Gasteiger partial charge in [0, 0.05) is 24.1 Å². The molecule has 0 saturated carbocycles. The zero-order valence-corrected chi connectivity index (χ0v) is 16.7. The summed E-state index contributed by atoms with van der Waals surface area (Å²) in [4.78, 5) is 20.5. The molecule has 0 bridgehead atoms. The fourth-order valence-electron chi connectivity index (χ4n) is 3.95. The number of oxime groups is 1. The summed E-state index contributed by atoms with van der Waals surface area (Å²) in [6.45, 7) is 4.20. The second-order valence-electron chi connectivity index (χ2n) is 7.12. The van der Waals surface area contributed by atoms with Gasteiger partial charge in [0.2, 0.25) is 11.9 Å². The highest BCUT2D eigenvalue weighted by molar-refractivity contribution is 6.05. The van der Waals surface area contributed by atoms with Gasteiger partial charge in [0.05, 0.1) is 27.0 Å². The van der Waals surface area contributed by atoms with Gasteiger partial charge in [-0.3, -0.25) is 4.79 Å². The molecular formula is C20H28N2O5. The maximum Gasteiger partial charge on any atom is 0.267 e. The van der Waals surface area contributed by atoms with E-state index in [0.717, 1.165) is 24.8 Å². The number of carbonyl (C=O) groups is 1. The summed E-state index contributed by atoms with van der Waals surface area (Å²) in [5.74, 6) is 1.62. The molecule has 0 aliphatic carbocycles. The molecule has 1 saturated heterocycles. The predicted octanol–water partition coefficient (Wildman–Crippen LogP) is 2.99. The van der Waals surface area contributed by atoms with Crippen molar-refractivity contribution in [2.75, 3.05) is 21.3 Å². The first-order valence-corrected chi connectivity index (χ1v) is 9.35. The molecule has 0 aromatic heterocycles. The number of carbonyl (C=O) groups excluding carboxylic acids is 1. The van der Waals surface area contributed by atoms with Crippen molar-refractivity contribution in [2.24, 2.45) is 5.16 Å². The van der Waals surface area contributed by atoms with Gasteiger partial charge in [0.1, 0.15) is 0 Å². The van der Waals surface area contributed by atoms with Crippen LogP contribution in [0.1, 0.15) is 45.1 Å². The summed E-state index contributed by atoms with van der Waals surface area (Å²) in [6.07, 6.45) is 3.06. The summed E-state index contributed by atoms with van der Waals surface area (Å²) in [5, 5.41) is 4.18. The molecule has 3 atom stereocenters. The van der Waals surface area contributed by atoms with E-state index in [1.165, 1.54) is 0 Å². The van der Waals surface area contributed by atoms with Gasteiger partial charge in [-0.2, -0.15) is 0 Å². The number of amides is 1. The van der Waals surface area contributed by atoms with E-state index in [4.69, 9.17) is 19.0 Å². The Labute approximate surface area is 160 Å². The van der Waals surface area contributed by atoms with E-state index in [1.807, 2.05) is 17.0 Å². The highest BCUT2D eigenvalue weighted by atomic mass is 16.6. The molecule has 0 spiro atoms. The third-order valence-electron chi connectivity index (χ3n) is 5.39. The van der Waals surface area contributed by atoms with Crippen LogP contribution in [-0.2, 0) is 9.63 Å². The van der Waals surface area contributed by atoms with Gasteiger partial charge in [-0.1, -0.05) is 5.16 Å². The van der Waals surface area contributed by atoms with Gasteiger partial charge >= 0.3 is 0 Å². The van der Waals surface area contributed by atoms with Crippen molar-refractivity contribution in [3.8, 4) is 17.2 Å². The van der Waals surface area contributed by atoms with Crippen LogP contribution in [0.3, 0.4) is 0 Å². The average Bonchev–Trinajstić information content (AvgIpc) is 3.16. The first-order chi connectivity index (χ1) is 13.0. The van der Waals surface area contributed by atoms with Crippen LogP contribution in [0.5, 0.6) is 17.2 Å². The van der Waals surface area contributed by atoms with Gasteiger partial charge in [-0.15, -0.1) is 0 Å².